The highest BCUT2D eigenvalue weighted by Crippen LogP contribution is 2.76. The fourth-order valence-corrected chi connectivity index (χ4v) is 11.7. The summed E-state index contributed by atoms with van der Waals surface area (Å²) >= 11 is 0. The summed E-state index contributed by atoms with van der Waals surface area (Å²) in [5.74, 6) is 1.84. The molecule has 5 rings (SSSR count). The Bertz CT molecular complexity index is 1160. The fourth-order valence-electron chi connectivity index (χ4n) is 11.1. The summed E-state index contributed by atoms with van der Waals surface area (Å²) in [6.07, 6.45) is 10.5. The van der Waals surface area contributed by atoms with Crippen LogP contribution < -0.4 is 5.73 Å². The zero-order valence-electron chi connectivity index (χ0n) is 23.9. The van der Waals surface area contributed by atoms with Crippen LogP contribution >= 0.6 is 0 Å². The van der Waals surface area contributed by atoms with Gasteiger partial charge in [-0.3, -0.25) is 0 Å². The van der Waals surface area contributed by atoms with Crippen molar-refractivity contribution in [3.8, 4) is 0 Å². The van der Waals surface area contributed by atoms with Gasteiger partial charge in [-0.1, -0.05) is 46.8 Å². The molecule has 0 radical (unpaired) electrons. The summed E-state index contributed by atoms with van der Waals surface area (Å²) < 4.78 is 68.1. The average molecular weight is 558 g/mol. The number of allylic oxidation sites excluding steroid dienone is 3. The van der Waals surface area contributed by atoms with Crippen LogP contribution in [-0.4, -0.2) is 19.5 Å². The van der Waals surface area contributed by atoms with Crippen molar-refractivity contribution in [1.29, 1.82) is 0 Å². The number of rotatable bonds is 3. The Kier molecular flexibility index (Phi) is 6.20. The van der Waals surface area contributed by atoms with E-state index in [4.69, 9.17) is 9.92 Å². The van der Waals surface area contributed by atoms with Crippen LogP contribution in [0.2, 0.25) is 0 Å². The molecule has 38 heavy (non-hydrogen) atoms. The van der Waals surface area contributed by atoms with E-state index in [0.29, 0.717) is 30.1 Å². The molecule has 0 saturated heterocycles. The second kappa shape index (κ2) is 8.27. The van der Waals surface area contributed by atoms with Gasteiger partial charge in [0.15, 0.2) is 0 Å². The van der Waals surface area contributed by atoms with E-state index < -0.39 is 21.0 Å². The van der Waals surface area contributed by atoms with E-state index in [2.05, 4.69) is 34.3 Å². The Morgan fingerprint density at radius 1 is 0.974 bits per heavy atom. The normalized spacial score (nSPS) is 48.2. The third kappa shape index (κ3) is 3.60. The first-order valence-electron chi connectivity index (χ1n) is 14.4. The fraction of sp³-hybridized carbons (Fsp3) is 0.867. The molecule has 0 spiro atoms. The maximum Gasteiger partial charge on any atom is 0.534 e. The molecule has 4 fully saturated rings. The van der Waals surface area contributed by atoms with Gasteiger partial charge < -0.3 is 9.92 Å². The molecule has 0 bridgehead atoms. The third-order valence-corrected chi connectivity index (χ3v) is 14.1. The molecule has 2 N–H and O–H groups in total. The Hall–Kier alpha value is -1.02. The summed E-state index contributed by atoms with van der Waals surface area (Å²) in [6.45, 7) is 17.5. The van der Waals surface area contributed by atoms with Crippen molar-refractivity contribution in [2.24, 2.45) is 57.0 Å². The lowest BCUT2D eigenvalue weighted by Gasteiger charge is -2.72. The molecular formula is C30H46F3NO3S. The van der Waals surface area contributed by atoms with E-state index in [9.17, 15) is 21.6 Å². The first-order chi connectivity index (χ1) is 17.2. The lowest BCUT2D eigenvalue weighted by Crippen LogP contribution is -2.67. The summed E-state index contributed by atoms with van der Waals surface area (Å²) in [4.78, 5) is 0. The number of hydrogen-bond donors (Lipinski definition) is 1. The third-order valence-electron chi connectivity index (χ3n) is 13.1. The second-order valence-corrected chi connectivity index (χ2v) is 16.4. The Labute approximate surface area is 227 Å². The van der Waals surface area contributed by atoms with E-state index in [1.165, 1.54) is 5.57 Å². The van der Waals surface area contributed by atoms with E-state index in [1.54, 1.807) is 6.08 Å². The highest BCUT2D eigenvalue weighted by molar-refractivity contribution is 7.87. The van der Waals surface area contributed by atoms with Gasteiger partial charge in [-0.25, -0.2) is 0 Å². The largest absolute Gasteiger partial charge is 0.534 e. The molecule has 9 atom stereocenters. The molecule has 5 aliphatic carbocycles. The SMILES string of the molecule is C=C(C)[C@@H]1CC[C@]2(N)CC[C@]3(C)C(CC[C@@H]4[C@@]5(C)CC=C(OS(=O)(=O)C(F)(F)F)C(C)(C)[C@@H]5CC[C@]43C)[C@@H]12. The van der Waals surface area contributed by atoms with Gasteiger partial charge in [-0.2, -0.15) is 21.6 Å². The first-order valence-corrected chi connectivity index (χ1v) is 15.8. The van der Waals surface area contributed by atoms with E-state index >= 15 is 0 Å². The second-order valence-electron chi connectivity index (χ2n) is 14.9. The quantitative estimate of drug-likeness (QED) is 0.219. The van der Waals surface area contributed by atoms with E-state index in [-0.39, 0.29) is 33.5 Å². The van der Waals surface area contributed by atoms with Crippen LogP contribution in [-0.2, 0) is 14.3 Å². The summed E-state index contributed by atoms with van der Waals surface area (Å²) in [5.41, 5.74) is 2.08. The number of alkyl halides is 3. The standard InChI is InChI=1S/C30H46F3NO3S/c1-18(2)19-10-15-29(34)17-16-27(6)20(24(19)29)8-9-22-26(5)13-12-23(37-38(35,36)30(31,32)33)25(3,4)21(26)11-14-28(22,27)7/h12,19-22,24H,1,8-11,13-17,34H2,2-7H3/t19-,20?,21-,22+,24+,26-,27+,28+,29-/m0/s1. The van der Waals surface area contributed by atoms with Crippen molar-refractivity contribution in [2.75, 3.05) is 0 Å². The molecule has 216 valence electrons. The Balaban J connectivity index is 1.51. The van der Waals surface area contributed by atoms with Gasteiger partial charge in [0.2, 0.25) is 0 Å². The van der Waals surface area contributed by atoms with Gasteiger partial charge in [0.1, 0.15) is 5.76 Å². The molecule has 0 aromatic rings. The van der Waals surface area contributed by atoms with E-state index in [1.807, 2.05) is 13.8 Å². The monoisotopic (exact) mass is 557 g/mol. The summed E-state index contributed by atoms with van der Waals surface area (Å²) in [7, 11) is -5.70. The molecular weight excluding hydrogens is 511 g/mol. The first kappa shape index (κ1) is 28.5. The average Bonchev–Trinajstić information content (AvgIpc) is 3.13. The predicted octanol–water partition coefficient (Wildman–Crippen LogP) is 7.72. The molecule has 0 aromatic heterocycles. The van der Waals surface area contributed by atoms with Crippen molar-refractivity contribution in [1.82, 2.24) is 0 Å². The zero-order chi connectivity index (χ0) is 28.3. The molecule has 8 heteroatoms. The summed E-state index contributed by atoms with van der Waals surface area (Å²) in [6, 6.07) is 0. The van der Waals surface area contributed by atoms with Gasteiger partial charge in [-0.05, 0) is 117 Å². The van der Waals surface area contributed by atoms with Crippen LogP contribution in [0.3, 0.4) is 0 Å². The molecule has 4 saturated carbocycles. The van der Waals surface area contributed by atoms with Gasteiger partial charge >= 0.3 is 15.6 Å². The zero-order valence-corrected chi connectivity index (χ0v) is 24.7. The molecule has 0 aromatic carbocycles. The molecule has 0 aliphatic heterocycles. The lowest BCUT2D eigenvalue weighted by atomic mass is 9.33. The number of hydrogen-bond acceptors (Lipinski definition) is 4. The smallest absolute Gasteiger partial charge is 0.380 e. The van der Waals surface area contributed by atoms with Crippen LogP contribution in [0, 0.1) is 51.2 Å². The minimum Gasteiger partial charge on any atom is -0.380 e. The Morgan fingerprint density at radius 2 is 1.63 bits per heavy atom. The van der Waals surface area contributed by atoms with E-state index in [0.717, 1.165) is 51.4 Å². The summed E-state index contributed by atoms with van der Waals surface area (Å²) in [5, 5.41) is 0. The van der Waals surface area contributed by atoms with Crippen molar-refractivity contribution in [3.63, 3.8) is 0 Å². The van der Waals surface area contributed by atoms with Crippen molar-refractivity contribution >= 4 is 10.1 Å². The molecule has 0 amide bonds. The van der Waals surface area contributed by atoms with Crippen molar-refractivity contribution < 1.29 is 25.8 Å². The van der Waals surface area contributed by atoms with Crippen molar-refractivity contribution in [3.05, 3.63) is 24.0 Å². The van der Waals surface area contributed by atoms with Crippen molar-refractivity contribution in [2.45, 2.75) is 110 Å². The van der Waals surface area contributed by atoms with Crippen LogP contribution in [0.15, 0.2) is 24.0 Å². The topological polar surface area (TPSA) is 69.4 Å². The van der Waals surface area contributed by atoms with Gasteiger partial charge in [0, 0.05) is 11.0 Å². The number of halogens is 3. The molecule has 5 aliphatic rings. The van der Waals surface area contributed by atoms with Crippen LogP contribution in [0.5, 0.6) is 0 Å². The number of nitrogens with two attached hydrogens (primary N) is 1. The molecule has 1 unspecified atom stereocenters. The Morgan fingerprint density at radius 3 is 2.24 bits per heavy atom. The molecule has 4 nitrogen and oxygen atoms in total. The minimum atomic E-state index is -5.70. The number of fused-ring (bicyclic) bond motifs is 7. The van der Waals surface area contributed by atoms with Crippen LogP contribution in [0.4, 0.5) is 13.2 Å². The maximum atomic E-state index is 13.2. The van der Waals surface area contributed by atoms with Gasteiger partial charge in [0.25, 0.3) is 0 Å². The lowest BCUT2D eigenvalue weighted by molar-refractivity contribution is -0.221. The molecule has 0 heterocycles. The van der Waals surface area contributed by atoms with Gasteiger partial charge in [0.05, 0.1) is 0 Å². The van der Waals surface area contributed by atoms with Crippen LogP contribution in [0.25, 0.3) is 0 Å². The van der Waals surface area contributed by atoms with Crippen LogP contribution in [0.1, 0.15) is 99.3 Å². The maximum absolute atomic E-state index is 13.2. The highest BCUT2D eigenvalue weighted by Gasteiger charge is 2.70. The predicted molar refractivity (Wildman–Crippen MR) is 143 cm³/mol. The highest BCUT2D eigenvalue weighted by atomic mass is 32.2. The minimum absolute atomic E-state index is 0.0310. The van der Waals surface area contributed by atoms with Gasteiger partial charge in [-0.15, -0.1) is 0 Å².